The summed E-state index contributed by atoms with van der Waals surface area (Å²) in [6, 6.07) is 8.78. The molecule has 1 heterocycles. The molecule has 2 rings (SSSR count). The Bertz CT molecular complexity index is 960. The minimum atomic E-state index is -4.10. The first-order valence-electron chi connectivity index (χ1n) is 10.9. The van der Waals surface area contributed by atoms with E-state index in [4.69, 9.17) is 4.74 Å². The van der Waals surface area contributed by atoms with Gasteiger partial charge in [-0.2, -0.15) is 0 Å². The molecule has 1 aliphatic heterocycles. The fourth-order valence-corrected chi connectivity index (χ4v) is 5.12. The number of carbonyl (C=O) groups is 3. The van der Waals surface area contributed by atoms with Gasteiger partial charge in [0.05, 0.1) is 11.7 Å². The first kappa shape index (κ1) is 26.6. The largest absolute Gasteiger partial charge is 0.481 e. The third-order valence-corrected chi connectivity index (χ3v) is 8.18. The molecule has 33 heavy (non-hydrogen) atoms. The average Bonchev–Trinajstić information content (AvgIpc) is 2.72. The summed E-state index contributed by atoms with van der Waals surface area (Å²) >= 11 is 0. The number of hydrogen-bond acceptors (Lipinski definition) is 6. The average molecular weight is 483 g/mol. The van der Waals surface area contributed by atoms with Crippen LogP contribution in [-0.4, -0.2) is 83.6 Å². The van der Waals surface area contributed by atoms with Gasteiger partial charge in [-0.15, -0.1) is 0 Å². The first-order chi connectivity index (χ1) is 15.1. The van der Waals surface area contributed by atoms with E-state index in [1.165, 1.54) is 23.6 Å². The third-order valence-electron chi connectivity index (χ3n) is 5.61. The first-order valence-corrected chi connectivity index (χ1v) is 12.6. The van der Waals surface area contributed by atoms with E-state index in [1.807, 2.05) is 0 Å². The van der Waals surface area contributed by atoms with Gasteiger partial charge in [0.15, 0.2) is 9.84 Å². The van der Waals surface area contributed by atoms with E-state index in [1.54, 1.807) is 51.1 Å². The van der Waals surface area contributed by atoms with Gasteiger partial charge in [-0.1, -0.05) is 30.3 Å². The van der Waals surface area contributed by atoms with Crippen molar-refractivity contribution in [3.05, 3.63) is 35.9 Å². The maximum absolute atomic E-state index is 13.2. The van der Waals surface area contributed by atoms with Gasteiger partial charge in [-0.3, -0.25) is 9.59 Å². The molecule has 1 atom stereocenters. The number of carbonyl (C=O) groups excluding carboxylic acids is 2. The fourth-order valence-electron chi connectivity index (χ4n) is 3.52. The SMILES string of the molecule is CC(C)(C)OC(=O)N1CCN(C(=O)C(C)(C)S(=O)(=O)CC(Cc2ccccc2)C(=O)O)CC1. The van der Waals surface area contributed by atoms with E-state index < -0.39 is 49.8 Å². The minimum absolute atomic E-state index is 0.0498. The van der Waals surface area contributed by atoms with Crippen LogP contribution in [0.3, 0.4) is 0 Å². The number of benzene rings is 1. The second-order valence-corrected chi connectivity index (χ2v) is 12.4. The van der Waals surface area contributed by atoms with Gasteiger partial charge in [0.25, 0.3) is 0 Å². The molecule has 1 aromatic carbocycles. The van der Waals surface area contributed by atoms with E-state index in [-0.39, 0.29) is 32.6 Å². The Labute approximate surface area is 195 Å². The van der Waals surface area contributed by atoms with Crippen LogP contribution >= 0.6 is 0 Å². The summed E-state index contributed by atoms with van der Waals surface area (Å²) in [5.41, 5.74) is 0.0723. The number of carboxylic acids is 1. The van der Waals surface area contributed by atoms with E-state index >= 15 is 0 Å². The second kappa shape index (κ2) is 10.1. The van der Waals surface area contributed by atoms with E-state index in [2.05, 4.69) is 0 Å². The summed E-state index contributed by atoms with van der Waals surface area (Å²) < 4.78 is 29.9. The number of rotatable bonds is 7. The molecule has 0 bridgehead atoms. The summed E-state index contributed by atoms with van der Waals surface area (Å²) in [7, 11) is -4.10. The standard InChI is InChI=1S/C23H34N2O7S/c1-22(2,3)32-21(29)25-13-11-24(12-14-25)20(28)23(4,5)33(30,31)16-18(19(26)27)15-17-9-7-6-8-10-17/h6-10,18H,11-16H2,1-5H3,(H,26,27). The maximum atomic E-state index is 13.2. The lowest BCUT2D eigenvalue weighted by Gasteiger charge is -2.38. The molecule has 0 aromatic heterocycles. The lowest BCUT2D eigenvalue weighted by Crippen LogP contribution is -2.58. The molecule has 1 fully saturated rings. The molecule has 1 saturated heterocycles. The Morgan fingerprint density at radius 2 is 1.48 bits per heavy atom. The van der Waals surface area contributed by atoms with Crippen molar-refractivity contribution in [1.29, 1.82) is 0 Å². The minimum Gasteiger partial charge on any atom is -0.481 e. The predicted molar refractivity (Wildman–Crippen MR) is 124 cm³/mol. The molecule has 1 unspecified atom stereocenters. The van der Waals surface area contributed by atoms with E-state index in [9.17, 15) is 27.9 Å². The van der Waals surface area contributed by atoms with Crippen molar-refractivity contribution in [2.75, 3.05) is 31.9 Å². The molecule has 1 aliphatic rings. The third kappa shape index (κ3) is 6.93. The molecule has 0 saturated carbocycles. The molecule has 1 N–H and O–H groups in total. The number of piperazine rings is 1. The van der Waals surface area contributed by atoms with E-state index in [0.717, 1.165) is 0 Å². The number of aliphatic carboxylic acids is 1. The summed E-state index contributed by atoms with van der Waals surface area (Å²) in [4.78, 5) is 40.0. The summed E-state index contributed by atoms with van der Waals surface area (Å²) in [5, 5.41) is 9.60. The van der Waals surface area contributed by atoms with Crippen LogP contribution in [0.15, 0.2) is 30.3 Å². The topological polar surface area (TPSA) is 121 Å². The van der Waals surface area contributed by atoms with Gasteiger partial charge in [0.1, 0.15) is 10.3 Å². The van der Waals surface area contributed by atoms with Crippen LogP contribution in [0.2, 0.25) is 0 Å². The molecule has 10 heteroatoms. The maximum Gasteiger partial charge on any atom is 0.410 e. The highest BCUT2D eigenvalue weighted by Gasteiger charge is 2.46. The highest BCUT2D eigenvalue weighted by Crippen LogP contribution is 2.25. The zero-order chi connectivity index (χ0) is 25.0. The normalized spacial score (nSPS) is 16.3. The highest BCUT2D eigenvalue weighted by molar-refractivity contribution is 7.93. The highest BCUT2D eigenvalue weighted by atomic mass is 32.2. The number of amides is 2. The monoisotopic (exact) mass is 482 g/mol. The summed E-state index contributed by atoms with van der Waals surface area (Å²) in [6.07, 6.45) is -0.430. The van der Waals surface area contributed by atoms with Gasteiger partial charge >= 0.3 is 12.1 Å². The van der Waals surface area contributed by atoms with Crippen molar-refractivity contribution in [2.24, 2.45) is 5.92 Å². The quantitative estimate of drug-likeness (QED) is 0.632. The van der Waals surface area contributed by atoms with Gasteiger partial charge in [0.2, 0.25) is 5.91 Å². The number of sulfone groups is 1. The predicted octanol–water partition coefficient (Wildman–Crippen LogP) is 2.20. The lowest BCUT2D eigenvalue weighted by molar-refractivity contribution is -0.141. The van der Waals surface area contributed by atoms with Crippen molar-refractivity contribution in [3.8, 4) is 0 Å². The molecule has 0 radical (unpaired) electrons. The zero-order valence-electron chi connectivity index (χ0n) is 19.9. The van der Waals surface area contributed by atoms with Crippen LogP contribution < -0.4 is 0 Å². The Hall–Kier alpha value is -2.62. The molecular formula is C23H34N2O7S. The van der Waals surface area contributed by atoms with Crippen LogP contribution in [0.1, 0.15) is 40.2 Å². The number of ether oxygens (including phenoxy) is 1. The Morgan fingerprint density at radius 1 is 0.970 bits per heavy atom. The number of hydrogen-bond donors (Lipinski definition) is 1. The van der Waals surface area contributed by atoms with Crippen molar-refractivity contribution in [3.63, 3.8) is 0 Å². The van der Waals surface area contributed by atoms with Crippen LogP contribution in [0.4, 0.5) is 4.79 Å². The molecule has 1 aromatic rings. The molecular weight excluding hydrogens is 448 g/mol. The van der Waals surface area contributed by atoms with Crippen molar-refractivity contribution in [1.82, 2.24) is 9.80 Å². The molecule has 184 valence electrons. The van der Waals surface area contributed by atoms with Crippen LogP contribution in [0, 0.1) is 5.92 Å². The number of nitrogens with zero attached hydrogens (tertiary/aromatic N) is 2. The summed E-state index contributed by atoms with van der Waals surface area (Å²) in [6.45, 7) is 8.71. The van der Waals surface area contributed by atoms with Crippen LogP contribution in [0.25, 0.3) is 0 Å². The summed E-state index contributed by atoms with van der Waals surface area (Å²) in [5.74, 6) is -3.64. The van der Waals surface area contributed by atoms with E-state index in [0.29, 0.717) is 5.56 Å². The zero-order valence-corrected chi connectivity index (χ0v) is 20.7. The fraction of sp³-hybridized carbons (Fsp3) is 0.609. The van der Waals surface area contributed by atoms with Crippen LogP contribution in [-0.2, 0) is 30.6 Å². The van der Waals surface area contributed by atoms with Gasteiger partial charge in [0, 0.05) is 26.2 Å². The molecule has 2 amide bonds. The van der Waals surface area contributed by atoms with Gasteiger partial charge in [-0.05, 0) is 46.6 Å². The number of carboxylic acid groups (broad SMARTS) is 1. The Balaban J connectivity index is 2.07. The van der Waals surface area contributed by atoms with Crippen molar-refractivity contribution < 1.29 is 32.6 Å². The molecule has 0 spiro atoms. The lowest BCUT2D eigenvalue weighted by atomic mass is 10.0. The van der Waals surface area contributed by atoms with Gasteiger partial charge in [-0.25, -0.2) is 13.2 Å². The van der Waals surface area contributed by atoms with Crippen molar-refractivity contribution in [2.45, 2.75) is 51.4 Å². The smallest absolute Gasteiger partial charge is 0.410 e. The molecule has 9 nitrogen and oxygen atoms in total. The van der Waals surface area contributed by atoms with Crippen molar-refractivity contribution >= 4 is 27.8 Å². The second-order valence-electron chi connectivity index (χ2n) is 9.78. The molecule has 0 aliphatic carbocycles. The Kier molecular flexibility index (Phi) is 8.16. The Morgan fingerprint density at radius 3 is 1.97 bits per heavy atom. The van der Waals surface area contributed by atoms with Gasteiger partial charge < -0.3 is 19.6 Å². The van der Waals surface area contributed by atoms with Crippen LogP contribution in [0.5, 0.6) is 0 Å².